The minimum Gasteiger partial charge on any atom is -0.394 e. The van der Waals surface area contributed by atoms with Crippen molar-refractivity contribution in [3.05, 3.63) is 78.5 Å². The number of aliphatic hydroxyl groups excluding tert-OH is 3. The molecule has 5 rings (SSSR count). The summed E-state index contributed by atoms with van der Waals surface area (Å²) in [7, 11) is 0. The Labute approximate surface area is 189 Å². The van der Waals surface area contributed by atoms with Gasteiger partial charge in [0.15, 0.2) is 11.9 Å². The number of ether oxygens (including phenoxy) is 1. The molecule has 4 aromatic rings. The van der Waals surface area contributed by atoms with Crippen LogP contribution in [0.1, 0.15) is 17.5 Å². The van der Waals surface area contributed by atoms with E-state index in [0.717, 1.165) is 5.56 Å². The molecule has 3 heterocycles. The topological polar surface area (TPSA) is 114 Å². The Morgan fingerprint density at radius 2 is 1.84 bits per heavy atom. The summed E-state index contributed by atoms with van der Waals surface area (Å²) in [5.74, 6) is 5.96. The predicted octanol–water partition coefficient (Wildman–Crippen LogP) is 0.960. The number of aromatic nitrogens is 4. The molecule has 2 aromatic heterocycles. The SMILES string of the molecule is OC[C@H]1OC(n2cnc3c(C#Cc4ccc[cH-]4)ncnc32)[C@H](O)[C@@H]1O.[Fe+2].c1cc[cH-]c1. The number of hydrogen-bond acceptors (Lipinski definition) is 7. The van der Waals surface area contributed by atoms with Crippen LogP contribution in [-0.2, 0) is 21.8 Å². The first kappa shape index (κ1) is 22.8. The van der Waals surface area contributed by atoms with E-state index in [-0.39, 0.29) is 17.1 Å². The van der Waals surface area contributed by atoms with Gasteiger partial charge in [-0.1, -0.05) is 5.92 Å². The zero-order valence-electron chi connectivity index (χ0n) is 16.3. The Kier molecular flexibility index (Phi) is 7.71. The minimum absolute atomic E-state index is 0. The molecule has 2 aromatic carbocycles. The van der Waals surface area contributed by atoms with Crippen molar-refractivity contribution in [2.24, 2.45) is 0 Å². The molecule has 0 aliphatic carbocycles. The zero-order valence-corrected chi connectivity index (χ0v) is 17.4. The number of nitrogens with zero attached hydrogens (tertiary/aromatic N) is 4. The third-order valence-electron chi connectivity index (χ3n) is 4.69. The quantitative estimate of drug-likeness (QED) is 0.232. The van der Waals surface area contributed by atoms with Gasteiger partial charge in [0, 0.05) is 0 Å². The molecule has 160 valence electrons. The molecule has 31 heavy (non-hydrogen) atoms. The van der Waals surface area contributed by atoms with E-state index in [9.17, 15) is 15.3 Å². The van der Waals surface area contributed by atoms with E-state index in [4.69, 9.17) is 4.74 Å². The molecule has 0 bridgehead atoms. The summed E-state index contributed by atoms with van der Waals surface area (Å²) in [5, 5.41) is 29.3. The fraction of sp³-hybridized carbons (Fsp3) is 0.227. The van der Waals surface area contributed by atoms with E-state index < -0.39 is 31.1 Å². The van der Waals surface area contributed by atoms with Gasteiger partial charge in [0.05, 0.1) is 12.9 Å². The van der Waals surface area contributed by atoms with Crippen molar-refractivity contribution >= 4 is 11.2 Å². The van der Waals surface area contributed by atoms with Gasteiger partial charge in [0.25, 0.3) is 0 Å². The Morgan fingerprint density at radius 3 is 2.45 bits per heavy atom. The maximum absolute atomic E-state index is 10.2. The molecule has 0 saturated carbocycles. The zero-order chi connectivity index (χ0) is 20.9. The van der Waals surface area contributed by atoms with E-state index in [0.29, 0.717) is 16.9 Å². The molecule has 8 nitrogen and oxygen atoms in total. The summed E-state index contributed by atoms with van der Waals surface area (Å²) >= 11 is 0. The third-order valence-corrected chi connectivity index (χ3v) is 4.69. The first-order valence-corrected chi connectivity index (χ1v) is 9.39. The van der Waals surface area contributed by atoms with Crippen LogP contribution >= 0.6 is 0 Å². The van der Waals surface area contributed by atoms with Crippen LogP contribution in [0.5, 0.6) is 0 Å². The monoisotopic (exact) mass is 460 g/mol. The predicted molar refractivity (Wildman–Crippen MR) is 108 cm³/mol. The van der Waals surface area contributed by atoms with Gasteiger partial charge in [-0.2, -0.15) is 42.3 Å². The Bertz CT molecular complexity index is 1110. The molecule has 1 unspecified atom stereocenters. The van der Waals surface area contributed by atoms with Crippen molar-refractivity contribution < 1.29 is 37.1 Å². The van der Waals surface area contributed by atoms with Gasteiger partial charge in [-0.25, -0.2) is 27.1 Å². The standard InChI is InChI=1S/C17H15N4O4.C5H5.Fe/c22-7-12-14(23)15(24)17(25-12)21-9-20-13-11(18-8-19-16(13)21)6-5-10-3-1-2-4-10;1-2-4-5-3-1;/h1-4,8-9,12,14-15,17,22-24H,7H2;1-5H;/q2*-1;+2/t12-,14-,15-,17?;;/m1../s1. The molecule has 9 heteroatoms. The van der Waals surface area contributed by atoms with Gasteiger partial charge in [0.2, 0.25) is 0 Å². The minimum atomic E-state index is -1.21. The fourth-order valence-electron chi connectivity index (χ4n) is 3.15. The molecule has 1 saturated heterocycles. The van der Waals surface area contributed by atoms with Crippen LogP contribution in [0.15, 0.2) is 67.3 Å². The molecular weight excluding hydrogens is 440 g/mol. The van der Waals surface area contributed by atoms with Crippen LogP contribution in [0.2, 0.25) is 0 Å². The summed E-state index contributed by atoms with van der Waals surface area (Å²) in [4.78, 5) is 12.6. The molecule has 1 aliphatic rings. The second-order valence-electron chi connectivity index (χ2n) is 6.66. The molecular formula is C22H20FeN4O4. The van der Waals surface area contributed by atoms with Crippen molar-refractivity contribution in [2.45, 2.75) is 24.5 Å². The smallest absolute Gasteiger partial charge is 0.394 e. The summed E-state index contributed by atoms with van der Waals surface area (Å²) in [6, 6.07) is 17.6. The normalized spacial score (nSPS) is 22.2. The first-order valence-electron chi connectivity index (χ1n) is 9.39. The van der Waals surface area contributed by atoms with Gasteiger partial charge < -0.3 is 20.1 Å². The molecule has 0 amide bonds. The van der Waals surface area contributed by atoms with Crippen LogP contribution in [-0.4, -0.2) is 59.8 Å². The van der Waals surface area contributed by atoms with Crippen molar-refractivity contribution in [3.8, 4) is 11.8 Å². The second kappa shape index (κ2) is 10.5. The average molecular weight is 460 g/mol. The van der Waals surface area contributed by atoms with Gasteiger partial charge in [0.1, 0.15) is 35.8 Å². The molecule has 3 N–H and O–H groups in total. The average Bonchev–Trinajstić information content (AvgIpc) is 3.57. The van der Waals surface area contributed by atoms with Gasteiger partial charge in [-0.15, -0.1) is 11.6 Å². The van der Waals surface area contributed by atoms with Crippen LogP contribution in [0.3, 0.4) is 0 Å². The molecule has 1 aliphatic heterocycles. The summed E-state index contributed by atoms with van der Waals surface area (Å²) in [6.45, 7) is -0.396. The van der Waals surface area contributed by atoms with Crippen LogP contribution in [0.25, 0.3) is 11.2 Å². The van der Waals surface area contributed by atoms with Gasteiger partial charge >= 0.3 is 17.1 Å². The van der Waals surface area contributed by atoms with E-state index >= 15 is 0 Å². The van der Waals surface area contributed by atoms with Crippen molar-refractivity contribution in [1.29, 1.82) is 0 Å². The van der Waals surface area contributed by atoms with Gasteiger partial charge in [-0.3, -0.25) is 4.57 Å². The van der Waals surface area contributed by atoms with Crippen molar-refractivity contribution in [3.63, 3.8) is 0 Å². The molecule has 0 spiro atoms. The van der Waals surface area contributed by atoms with Crippen LogP contribution in [0.4, 0.5) is 0 Å². The number of fused-ring (bicyclic) bond motifs is 1. The van der Waals surface area contributed by atoms with Crippen LogP contribution < -0.4 is 0 Å². The summed E-state index contributed by atoms with van der Waals surface area (Å²) in [6.07, 6.45) is -1.35. The van der Waals surface area contributed by atoms with Crippen molar-refractivity contribution in [1.82, 2.24) is 19.5 Å². The Morgan fingerprint density at radius 1 is 1.03 bits per heavy atom. The maximum Gasteiger partial charge on any atom is 2.00 e. The number of rotatable bonds is 2. The second-order valence-corrected chi connectivity index (χ2v) is 6.66. The van der Waals surface area contributed by atoms with E-state index in [1.165, 1.54) is 17.2 Å². The van der Waals surface area contributed by atoms with E-state index in [1.54, 1.807) is 0 Å². The van der Waals surface area contributed by atoms with E-state index in [2.05, 4.69) is 26.8 Å². The molecule has 0 radical (unpaired) electrons. The Balaban J connectivity index is 0.000000401. The Hall–Kier alpha value is -2.83. The van der Waals surface area contributed by atoms with Crippen molar-refractivity contribution in [2.75, 3.05) is 6.61 Å². The largest absolute Gasteiger partial charge is 2.00 e. The number of imidazole rings is 1. The summed E-state index contributed by atoms with van der Waals surface area (Å²) in [5.41, 5.74) is 2.22. The first-order chi connectivity index (χ1) is 14.7. The molecule has 4 atom stereocenters. The van der Waals surface area contributed by atoms with Crippen LogP contribution in [0, 0.1) is 11.8 Å². The number of aliphatic hydroxyl groups is 3. The number of hydrogen-bond donors (Lipinski definition) is 3. The third kappa shape index (κ3) is 4.92. The maximum atomic E-state index is 10.2. The fourth-order valence-corrected chi connectivity index (χ4v) is 3.15. The van der Waals surface area contributed by atoms with Gasteiger partial charge in [-0.05, 0) is 0 Å². The summed E-state index contributed by atoms with van der Waals surface area (Å²) < 4.78 is 7.03. The molecule has 1 fully saturated rings. The van der Waals surface area contributed by atoms with E-state index in [1.807, 2.05) is 54.6 Å².